The molecular formula is C13H21N3OS. The van der Waals surface area contributed by atoms with Crippen LogP contribution in [-0.2, 0) is 4.74 Å². The Labute approximate surface area is 113 Å². The number of hydrogen-bond acceptors (Lipinski definition) is 4. The molecule has 0 saturated carbocycles. The van der Waals surface area contributed by atoms with Gasteiger partial charge >= 0.3 is 0 Å². The van der Waals surface area contributed by atoms with Crippen molar-refractivity contribution in [2.24, 2.45) is 5.73 Å². The fourth-order valence-corrected chi connectivity index (χ4v) is 2.58. The number of anilines is 1. The number of ether oxygens (including phenoxy) is 1. The van der Waals surface area contributed by atoms with Gasteiger partial charge in [0.15, 0.2) is 0 Å². The lowest BCUT2D eigenvalue weighted by atomic mass is 10.1. The minimum atomic E-state index is 0.116. The summed E-state index contributed by atoms with van der Waals surface area (Å²) in [6.07, 6.45) is 0. The van der Waals surface area contributed by atoms with E-state index < -0.39 is 0 Å². The van der Waals surface area contributed by atoms with Crippen LogP contribution in [0.5, 0.6) is 0 Å². The molecule has 0 aliphatic rings. The van der Waals surface area contributed by atoms with Gasteiger partial charge < -0.3 is 15.4 Å². The van der Waals surface area contributed by atoms with Gasteiger partial charge in [0.05, 0.1) is 12.2 Å². The summed E-state index contributed by atoms with van der Waals surface area (Å²) in [5, 5.41) is 7.77. The minimum Gasteiger partial charge on any atom is -0.384 e. The van der Waals surface area contributed by atoms with Crippen LogP contribution in [0.3, 0.4) is 0 Å². The Balaban J connectivity index is 3.09. The molecule has 0 atom stereocenters. The van der Waals surface area contributed by atoms with Crippen molar-refractivity contribution in [3.05, 3.63) is 23.8 Å². The Bertz CT molecular complexity index is 409. The molecular weight excluding hydrogens is 246 g/mol. The maximum Gasteiger partial charge on any atom is 0.126 e. The predicted octanol–water partition coefficient (Wildman–Crippen LogP) is 2.17. The summed E-state index contributed by atoms with van der Waals surface area (Å²) in [6, 6.07) is 6.01. The molecule has 4 nitrogen and oxygen atoms in total. The van der Waals surface area contributed by atoms with Gasteiger partial charge in [0, 0.05) is 31.3 Å². The molecule has 0 spiro atoms. The van der Waals surface area contributed by atoms with Crippen LogP contribution >= 0.6 is 11.8 Å². The van der Waals surface area contributed by atoms with Crippen LogP contribution in [0.15, 0.2) is 23.1 Å². The molecule has 100 valence electrons. The van der Waals surface area contributed by atoms with E-state index in [1.165, 1.54) is 0 Å². The normalized spacial score (nSPS) is 10.4. The molecule has 3 N–H and O–H groups in total. The van der Waals surface area contributed by atoms with E-state index in [0.717, 1.165) is 28.4 Å². The summed E-state index contributed by atoms with van der Waals surface area (Å²) in [5.74, 6) is 1.08. The predicted molar refractivity (Wildman–Crippen MR) is 79.0 cm³/mol. The fourth-order valence-electron chi connectivity index (χ4n) is 1.73. The van der Waals surface area contributed by atoms with Gasteiger partial charge in [-0.2, -0.15) is 0 Å². The largest absolute Gasteiger partial charge is 0.384 e. The second-order valence-electron chi connectivity index (χ2n) is 3.91. The number of thioether (sulfide) groups is 1. The number of nitrogen functional groups attached to an aromatic ring is 1. The molecule has 0 amide bonds. The average Bonchev–Trinajstić information content (AvgIpc) is 2.35. The second-order valence-corrected chi connectivity index (χ2v) is 5.22. The number of nitrogens with zero attached hydrogens (tertiary/aromatic N) is 1. The van der Waals surface area contributed by atoms with Crippen molar-refractivity contribution >= 4 is 23.3 Å². The van der Waals surface area contributed by atoms with E-state index in [-0.39, 0.29) is 5.84 Å². The summed E-state index contributed by atoms with van der Waals surface area (Å²) < 4.78 is 5.08. The van der Waals surface area contributed by atoms with Crippen molar-refractivity contribution < 1.29 is 4.74 Å². The van der Waals surface area contributed by atoms with Gasteiger partial charge in [-0.25, -0.2) is 0 Å². The Hall–Kier alpha value is -1.20. The molecule has 5 heteroatoms. The Kier molecular flexibility index (Phi) is 6.01. The summed E-state index contributed by atoms with van der Waals surface area (Å²) in [7, 11) is 3.67. The van der Waals surface area contributed by atoms with Crippen molar-refractivity contribution in [1.82, 2.24) is 0 Å². The van der Waals surface area contributed by atoms with Gasteiger partial charge in [-0.05, 0) is 17.9 Å². The maximum absolute atomic E-state index is 7.77. The highest BCUT2D eigenvalue weighted by Crippen LogP contribution is 2.29. The number of methoxy groups -OCH3 is 1. The zero-order valence-corrected chi connectivity index (χ0v) is 12.0. The molecule has 1 aromatic rings. The average molecular weight is 267 g/mol. The zero-order chi connectivity index (χ0) is 13.5. The van der Waals surface area contributed by atoms with Gasteiger partial charge in [-0.3, -0.25) is 5.41 Å². The Morgan fingerprint density at radius 1 is 1.50 bits per heavy atom. The number of nitrogens with two attached hydrogens (primary N) is 1. The zero-order valence-electron chi connectivity index (χ0n) is 11.2. The van der Waals surface area contributed by atoms with Gasteiger partial charge in [0.1, 0.15) is 5.84 Å². The first-order chi connectivity index (χ1) is 8.61. The number of likely N-dealkylation sites (N-methyl/N-ethyl adjacent to an activating group) is 1. The molecule has 0 saturated heterocycles. The third-order valence-corrected chi connectivity index (χ3v) is 3.56. The fraction of sp³-hybridized carbons (Fsp3) is 0.462. The van der Waals surface area contributed by atoms with Crippen molar-refractivity contribution in [3.8, 4) is 0 Å². The van der Waals surface area contributed by atoms with Crippen LogP contribution in [0.2, 0.25) is 0 Å². The SMILES string of the molecule is CCSc1cccc(N(C)CCOC)c1C(=N)N. The molecule has 0 aromatic heterocycles. The molecule has 1 aromatic carbocycles. The van der Waals surface area contributed by atoms with E-state index in [9.17, 15) is 0 Å². The third kappa shape index (κ3) is 3.65. The molecule has 0 aliphatic carbocycles. The number of amidine groups is 1. The molecule has 1 rings (SSSR count). The maximum atomic E-state index is 7.77. The first-order valence-electron chi connectivity index (χ1n) is 5.92. The molecule has 0 heterocycles. The molecule has 18 heavy (non-hydrogen) atoms. The summed E-state index contributed by atoms with van der Waals surface area (Å²) in [6.45, 7) is 3.52. The second kappa shape index (κ2) is 7.28. The summed E-state index contributed by atoms with van der Waals surface area (Å²) in [4.78, 5) is 3.13. The highest BCUT2D eigenvalue weighted by atomic mass is 32.2. The van der Waals surface area contributed by atoms with Crippen LogP contribution in [0.25, 0.3) is 0 Å². The van der Waals surface area contributed by atoms with Crippen molar-refractivity contribution in [1.29, 1.82) is 5.41 Å². The van der Waals surface area contributed by atoms with Gasteiger partial charge in [-0.15, -0.1) is 11.8 Å². The number of nitrogens with one attached hydrogen (secondary N) is 1. The lowest BCUT2D eigenvalue weighted by molar-refractivity contribution is 0.206. The van der Waals surface area contributed by atoms with Crippen molar-refractivity contribution in [2.45, 2.75) is 11.8 Å². The van der Waals surface area contributed by atoms with Crippen molar-refractivity contribution in [2.75, 3.05) is 38.0 Å². The number of hydrogen-bond donors (Lipinski definition) is 2. The first-order valence-corrected chi connectivity index (χ1v) is 6.90. The molecule has 0 unspecified atom stereocenters. The lowest BCUT2D eigenvalue weighted by Gasteiger charge is -2.23. The summed E-state index contributed by atoms with van der Waals surface area (Å²) >= 11 is 1.71. The third-order valence-electron chi connectivity index (χ3n) is 2.62. The van der Waals surface area contributed by atoms with Crippen molar-refractivity contribution in [3.63, 3.8) is 0 Å². The first kappa shape index (κ1) is 14.9. The highest BCUT2D eigenvalue weighted by Gasteiger charge is 2.14. The quantitative estimate of drug-likeness (QED) is 0.451. The smallest absolute Gasteiger partial charge is 0.126 e. The van der Waals surface area contributed by atoms with Crippen LogP contribution in [0.1, 0.15) is 12.5 Å². The minimum absolute atomic E-state index is 0.116. The van der Waals surface area contributed by atoms with E-state index in [0.29, 0.717) is 6.61 Å². The van der Waals surface area contributed by atoms with E-state index >= 15 is 0 Å². The lowest BCUT2D eigenvalue weighted by Crippen LogP contribution is -2.26. The Morgan fingerprint density at radius 2 is 2.22 bits per heavy atom. The standard InChI is InChI=1S/C13H21N3OS/c1-4-18-11-7-5-6-10(12(11)13(14)15)16(2)8-9-17-3/h5-7H,4,8-9H2,1-3H3,(H3,14,15). The van der Waals surface area contributed by atoms with Crippen LogP contribution in [0, 0.1) is 5.41 Å². The van der Waals surface area contributed by atoms with E-state index in [2.05, 4.69) is 11.8 Å². The Morgan fingerprint density at radius 3 is 2.78 bits per heavy atom. The number of rotatable bonds is 7. The summed E-state index contributed by atoms with van der Waals surface area (Å²) in [5.41, 5.74) is 7.53. The van der Waals surface area contributed by atoms with Gasteiger partial charge in [0.2, 0.25) is 0 Å². The van der Waals surface area contributed by atoms with Gasteiger partial charge in [-0.1, -0.05) is 13.0 Å². The van der Waals surface area contributed by atoms with Crippen LogP contribution < -0.4 is 10.6 Å². The molecule has 0 radical (unpaired) electrons. The topological polar surface area (TPSA) is 62.3 Å². The van der Waals surface area contributed by atoms with Crippen LogP contribution in [0.4, 0.5) is 5.69 Å². The van der Waals surface area contributed by atoms with E-state index in [1.54, 1.807) is 18.9 Å². The number of benzene rings is 1. The van der Waals surface area contributed by atoms with Gasteiger partial charge in [0.25, 0.3) is 0 Å². The molecule has 0 bridgehead atoms. The van der Waals surface area contributed by atoms with Crippen LogP contribution in [-0.4, -0.2) is 38.9 Å². The van der Waals surface area contributed by atoms with E-state index in [4.69, 9.17) is 15.9 Å². The highest BCUT2D eigenvalue weighted by molar-refractivity contribution is 7.99. The molecule has 0 fully saturated rings. The van der Waals surface area contributed by atoms with E-state index in [1.807, 2.05) is 25.2 Å². The molecule has 0 aliphatic heterocycles. The monoisotopic (exact) mass is 267 g/mol.